The first-order valence-electron chi connectivity index (χ1n) is 26.5. The van der Waals surface area contributed by atoms with E-state index in [1.54, 1.807) is 0 Å². The first kappa shape index (κ1) is 63.2. The summed E-state index contributed by atoms with van der Waals surface area (Å²) in [6, 6.07) is 0. The Kier molecular flexibility index (Phi) is 62.1. The van der Waals surface area contributed by atoms with Gasteiger partial charge in [0.05, 0.1) is 0 Å². The summed E-state index contributed by atoms with van der Waals surface area (Å²) in [6.07, 6.45) is 67.9. The van der Waals surface area contributed by atoms with Crippen LogP contribution in [0.4, 0.5) is 0 Å². The van der Waals surface area contributed by atoms with Crippen molar-refractivity contribution in [3.8, 4) is 0 Å². The number of rotatable bonds is 45. The monoisotopic (exact) mass is 858 g/mol. The summed E-state index contributed by atoms with van der Waals surface area (Å²) in [5.41, 5.74) is 0. The molecule has 0 aromatic heterocycles. The zero-order valence-electron chi connectivity index (χ0n) is 41.8. The van der Waals surface area contributed by atoms with Crippen LogP contribution < -0.4 is 0 Å². The van der Waals surface area contributed by atoms with Gasteiger partial charge in [0.25, 0.3) is 0 Å². The third-order valence-electron chi connectivity index (χ3n) is 11.1. The third-order valence-corrected chi connectivity index (χ3v) is 11.1. The molecule has 61 heavy (non-hydrogen) atoms. The maximum Gasteiger partial charge on any atom is 0.303 e. The Hall–Kier alpha value is -2.14. The summed E-state index contributed by atoms with van der Waals surface area (Å²) >= 11 is 0. The molecule has 5 heteroatoms. The molecule has 2 N–H and O–H groups in total. The fourth-order valence-corrected chi connectivity index (χ4v) is 7.15. The molecule has 0 radical (unpaired) electrons. The van der Waals surface area contributed by atoms with Crippen molar-refractivity contribution in [2.75, 3.05) is 20.6 Å². The lowest BCUT2D eigenvalue weighted by Gasteiger charge is -2.08. The molecule has 0 spiro atoms. The number of allylic oxidation sites excluding steroid dienone is 8. The molecule has 360 valence electrons. The summed E-state index contributed by atoms with van der Waals surface area (Å²) in [6.45, 7) is 8.03. The van der Waals surface area contributed by atoms with Crippen molar-refractivity contribution in [1.82, 2.24) is 4.90 Å². The van der Waals surface area contributed by atoms with Gasteiger partial charge in [0.15, 0.2) is 0 Å². The number of hydrogen-bond donors (Lipinski definition) is 2. The molecule has 0 saturated heterocycles. The van der Waals surface area contributed by atoms with Crippen LogP contribution in [0.1, 0.15) is 278 Å². The molecule has 0 saturated carbocycles. The van der Waals surface area contributed by atoms with Gasteiger partial charge in [-0.3, -0.25) is 9.59 Å². The lowest BCUT2D eigenvalue weighted by Crippen LogP contribution is -2.12. The SMILES string of the molecule is CCCCC/C=C\C/C=C\CCCCCCCC(=O)O.CCCCC/C=C\C/C=C\CCCCCCCC(=O)O.CCCCCCCCCCCCCCCCCCN(C)C. The normalized spacial score (nSPS) is 11.6. The van der Waals surface area contributed by atoms with E-state index in [9.17, 15) is 9.59 Å². The maximum absolute atomic E-state index is 10.3. The van der Waals surface area contributed by atoms with Gasteiger partial charge in [0.1, 0.15) is 0 Å². The minimum atomic E-state index is -0.671. The summed E-state index contributed by atoms with van der Waals surface area (Å²) in [7, 11) is 4.34. The molecule has 0 aliphatic carbocycles. The van der Waals surface area contributed by atoms with Crippen LogP contribution >= 0.6 is 0 Å². The second kappa shape index (κ2) is 60.0. The van der Waals surface area contributed by atoms with Crippen LogP contribution in [0.2, 0.25) is 0 Å². The number of carboxylic acids is 2. The fraction of sp³-hybridized carbons (Fsp3) is 0.821. The summed E-state index contributed by atoms with van der Waals surface area (Å²) in [5.74, 6) is -1.34. The average Bonchev–Trinajstić information content (AvgIpc) is 3.23. The predicted octanol–water partition coefficient (Wildman–Crippen LogP) is 18.6. The van der Waals surface area contributed by atoms with E-state index in [2.05, 4.69) is 88.4 Å². The van der Waals surface area contributed by atoms with Crippen LogP contribution in [-0.4, -0.2) is 47.7 Å². The number of carboxylic acid groups (broad SMARTS) is 2. The van der Waals surface area contributed by atoms with E-state index < -0.39 is 11.9 Å². The number of aliphatic carboxylic acids is 2. The van der Waals surface area contributed by atoms with E-state index >= 15 is 0 Å². The standard InChI is InChI=1S/C20H43N.2C18H32O2/c1-4-5-6-7-8-9-10-11-12-13-14-15-16-17-18-19-20-21(2)3;2*1-2-3-4-5-6-7-8-9-10-11-12-13-14-15-16-17-18(19)20/h4-20H2,1-3H3;2*6-7,9-10H,2-5,8,11-17H2,1H3,(H,19,20)/b;2*7-6-,10-9-. The summed E-state index contributed by atoms with van der Waals surface area (Å²) < 4.78 is 0. The van der Waals surface area contributed by atoms with Gasteiger partial charge in [-0.1, -0.05) is 230 Å². The highest BCUT2D eigenvalue weighted by Crippen LogP contribution is 2.14. The van der Waals surface area contributed by atoms with Crippen molar-refractivity contribution in [2.45, 2.75) is 278 Å². The number of carbonyl (C=O) groups is 2. The van der Waals surface area contributed by atoms with Crippen molar-refractivity contribution in [2.24, 2.45) is 0 Å². The van der Waals surface area contributed by atoms with Crippen molar-refractivity contribution in [1.29, 1.82) is 0 Å². The van der Waals surface area contributed by atoms with Crippen molar-refractivity contribution < 1.29 is 19.8 Å². The molecule has 5 nitrogen and oxygen atoms in total. The van der Waals surface area contributed by atoms with Gasteiger partial charge < -0.3 is 15.1 Å². The second-order valence-electron chi connectivity index (χ2n) is 17.9. The van der Waals surface area contributed by atoms with Crippen LogP contribution in [0.15, 0.2) is 48.6 Å². The van der Waals surface area contributed by atoms with Crippen molar-refractivity contribution >= 4 is 11.9 Å². The van der Waals surface area contributed by atoms with E-state index in [0.29, 0.717) is 12.8 Å². The topological polar surface area (TPSA) is 77.8 Å². The quantitative estimate of drug-likeness (QED) is 0.0471. The first-order chi connectivity index (χ1) is 29.8. The lowest BCUT2D eigenvalue weighted by molar-refractivity contribution is -0.138. The zero-order valence-corrected chi connectivity index (χ0v) is 41.8. The second-order valence-corrected chi connectivity index (χ2v) is 17.9. The lowest BCUT2D eigenvalue weighted by atomic mass is 10.0. The predicted molar refractivity (Wildman–Crippen MR) is 272 cm³/mol. The minimum Gasteiger partial charge on any atom is -0.481 e. The highest BCUT2D eigenvalue weighted by atomic mass is 16.4. The van der Waals surface area contributed by atoms with E-state index in [0.717, 1.165) is 51.4 Å². The Morgan fingerprint density at radius 1 is 0.328 bits per heavy atom. The smallest absolute Gasteiger partial charge is 0.303 e. The molecule has 0 atom stereocenters. The highest BCUT2D eigenvalue weighted by molar-refractivity contribution is 5.66. The molecule has 0 aliphatic heterocycles. The number of unbranched alkanes of at least 4 members (excludes halogenated alkanes) is 31. The fourth-order valence-electron chi connectivity index (χ4n) is 7.15. The molecule has 0 heterocycles. The Morgan fingerprint density at radius 2 is 0.557 bits per heavy atom. The Morgan fingerprint density at radius 3 is 0.836 bits per heavy atom. The molecular formula is C56H107NO4. The van der Waals surface area contributed by atoms with Gasteiger partial charge >= 0.3 is 11.9 Å². The highest BCUT2D eigenvalue weighted by Gasteiger charge is 1.98. The first-order valence-corrected chi connectivity index (χ1v) is 26.5. The van der Waals surface area contributed by atoms with E-state index in [-0.39, 0.29) is 0 Å². The molecule has 0 aromatic carbocycles. The van der Waals surface area contributed by atoms with E-state index in [1.807, 2.05) is 0 Å². The van der Waals surface area contributed by atoms with Gasteiger partial charge in [-0.25, -0.2) is 0 Å². The Bertz CT molecular complexity index is 896. The van der Waals surface area contributed by atoms with Crippen LogP contribution in [0.3, 0.4) is 0 Å². The summed E-state index contributed by atoms with van der Waals surface area (Å²) in [4.78, 5) is 22.9. The molecule has 0 fully saturated rings. The summed E-state index contributed by atoms with van der Waals surface area (Å²) in [5, 5.41) is 17.0. The van der Waals surface area contributed by atoms with Crippen LogP contribution in [-0.2, 0) is 9.59 Å². The van der Waals surface area contributed by atoms with Gasteiger partial charge in [-0.15, -0.1) is 0 Å². The molecule has 0 amide bonds. The van der Waals surface area contributed by atoms with Crippen LogP contribution in [0.5, 0.6) is 0 Å². The van der Waals surface area contributed by atoms with E-state index in [1.165, 1.54) is 199 Å². The molecule has 0 unspecified atom stereocenters. The number of nitrogens with zero attached hydrogens (tertiary/aromatic N) is 1. The molecular weight excluding hydrogens is 751 g/mol. The minimum absolute atomic E-state index is 0.324. The van der Waals surface area contributed by atoms with Crippen LogP contribution in [0, 0.1) is 0 Å². The van der Waals surface area contributed by atoms with Gasteiger partial charge in [-0.05, 0) is 104 Å². The maximum atomic E-state index is 10.3. The number of hydrogen-bond acceptors (Lipinski definition) is 3. The average molecular weight is 858 g/mol. The molecule has 0 bridgehead atoms. The van der Waals surface area contributed by atoms with Gasteiger partial charge in [0, 0.05) is 12.8 Å². The van der Waals surface area contributed by atoms with Crippen molar-refractivity contribution in [3.05, 3.63) is 48.6 Å². The van der Waals surface area contributed by atoms with Crippen LogP contribution in [0.25, 0.3) is 0 Å². The zero-order chi connectivity index (χ0) is 45.4. The Labute approximate surface area is 382 Å². The van der Waals surface area contributed by atoms with Gasteiger partial charge in [0.2, 0.25) is 0 Å². The Balaban J connectivity index is -0.000000828. The molecule has 0 aromatic rings. The van der Waals surface area contributed by atoms with Crippen molar-refractivity contribution in [3.63, 3.8) is 0 Å². The molecule has 0 rings (SSSR count). The third kappa shape index (κ3) is 72.6. The molecule has 0 aliphatic rings. The van der Waals surface area contributed by atoms with E-state index in [4.69, 9.17) is 10.2 Å². The largest absolute Gasteiger partial charge is 0.481 e. The van der Waals surface area contributed by atoms with Gasteiger partial charge in [-0.2, -0.15) is 0 Å².